The fourth-order valence-corrected chi connectivity index (χ4v) is 7.05. The highest BCUT2D eigenvalue weighted by Crippen LogP contribution is 2.25. The molecule has 0 saturated heterocycles. The van der Waals surface area contributed by atoms with E-state index in [0.717, 1.165) is 96.1 Å². The lowest BCUT2D eigenvalue weighted by Gasteiger charge is -2.26. The maximum absolute atomic E-state index is 12.4. The van der Waals surface area contributed by atoms with Gasteiger partial charge in [-0.3, -0.25) is 14.4 Å². The fraction of sp³-hybridized carbons (Fsp3) is 0.848. The van der Waals surface area contributed by atoms with Crippen LogP contribution < -0.4 is 10.6 Å². The second kappa shape index (κ2) is 29.9. The van der Waals surface area contributed by atoms with Gasteiger partial charge < -0.3 is 25.0 Å². The standard InChI is InChI=1S/C46H85N3O5/c1-35(2)25-27-40(37(5)6)33-53-42(50)23-17-13-11-15-20-30-49(32-22-19-29-48-45-44(47-10)39(9)46(45)52)31-21-16-12-14-18-24-43(51)54-34-41(38(7)8)28-26-36(3)4/h35-38,40-41,47-48H,9,11-34H2,1-8,10H3. The quantitative estimate of drug-likeness (QED) is 0.0375. The highest BCUT2D eigenvalue weighted by atomic mass is 16.5. The van der Waals surface area contributed by atoms with E-state index in [9.17, 15) is 14.4 Å². The molecule has 54 heavy (non-hydrogen) atoms. The van der Waals surface area contributed by atoms with E-state index < -0.39 is 0 Å². The Bertz CT molecular complexity index is 1030. The van der Waals surface area contributed by atoms with Crippen LogP contribution in [0.2, 0.25) is 0 Å². The largest absolute Gasteiger partial charge is 0.465 e. The normalized spacial score (nSPS) is 14.4. The molecule has 1 aliphatic rings. The van der Waals surface area contributed by atoms with Crippen molar-refractivity contribution in [3.8, 4) is 0 Å². The number of ketones is 1. The molecule has 0 spiro atoms. The molecule has 8 heteroatoms. The van der Waals surface area contributed by atoms with Gasteiger partial charge in [0.1, 0.15) is 5.70 Å². The Balaban J connectivity index is 2.36. The van der Waals surface area contributed by atoms with Crippen LogP contribution in [-0.4, -0.2) is 69.1 Å². The molecule has 0 saturated carbocycles. The fourth-order valence-electron chi connectivity index (χ4n) is 7.05. The molecular weight excluding hydrogens is 675 g/mol. The second-order valence-corrected chi connectivity index (χ2v) is 17.6. The number of Topliss-reactive ketones (excluding diaryl/α,β-unsaturated/α-hetero) is 1. The second-order valence-electron chi connectivity index (χ2n) is 17.6. The summed E-state index contributed by atoms with van der Waals surface area (Å²) in [5, 5.41) is 6.38. The van der Waals surface area contributed by atoms with Crippen LogP contribution in [0.25, 0.3) is 0 Å². The van der Waals surface area contributed by atoms with Gasteiger partial charge in [-0.25, -0.2) is 0 Å². The molecule has 1 aliphatic carbocycles. The molecule has 0 aromatic heterocycles. The van der Waals surface area contributed by atoms with Gasteiger partial charge >= 0.3 is 11.9 Å². The molecule has 0 bridgehead atoms. The molecule has 2 N–H and O–H groups in total. The Morgan fingerprint density at radius 3 is 1.41 bits per heavy atom. The predicted molar refractivity (Wildman–Crippen MR) is 226 cm³/mol. The van der Waals surface area contributed by atoms with Gasteiger partial charge in [-0.2, -0.15) is 0 Å². The lowest BCUT2D eigenvalue weighted by atomic mass is 9.89. The first-order valence-electron chi connectivity index (χ1n) is 22.2. The summed E-state index contributed by atoms with van der Waals surface area (Å²) in [6.45, 7) is 26.9. The van der Waals surface area contributed by atoms with Crippen molar-refractivity contribution in [3.05, 3.63) is 23.5 Å². The van der Waals surface area contributed by atoms with Crippen molar-refractivity contribution in [2.75, 3.05) is 46.4 Å². The van der Waals surface area contributed by atoms with Crippen molar-refractivity contribution in [3.63, 3.8) is 0 Å². The molecule has 2 unspecified atom stereocenters. The van der Waals surface area contributed by atoms with Crippen LogP contribution >= 0.6 is 0 Å². The Kier molecular flexibility index (Phi) is 27.5. The summed E-state index contributed by atoms with van der Waals surface area (Å²) in [7, 11) is 1.82. The molecule has 0 aromatic carbocycles. The van der Waals surface area contributed by atoms with Gasteiger partial charge in [0, 0.05) is 32.0 Å². The number of unbranched alkanes of at least 4 members (excludes halogenated alkanes) is 9. The van der Waals surface area contributed by atoms with Crippen molar-refractivity contribution in [2.45, 2.75) is 171 Å². The average molecular weight is 760 g/mol. The van der Waals surface area contributed by atoms with Crippen LogP contribution in [0.15, 0.2) is 23.5 Å². The summed E-state index contributed by atoms with van der Waals surface area (Å²) < 4.78 is 11.4. The third-order valence-electron chi connectivity index (χ3n) is 11.2. The number of ether oxygens (including phenoxy) is 2. The number of nitrogens with one attached hydrogen (secondary N) is 2. The van der Waals surface area contributed by atoms with Crippen LogP contribution in [0.3, 0.4) is 0 Å². The van der Waals surface area contributed by atoms with E-state index in [1.54, 1.807) is 0 Å². The number of hydrogen-bond donors (Lipinski definition) is 2. The maximum Gasteiger partial charge on any atom is 0.305 e. The molecule has 1 rings (SSSR count). The smallest absolute Gasteiger partial charge is 0.305 e. The number of carbonyl (C=O) groups excluding carboxylic acids is 3. The van der Waals surface area contributed by atoms with Crippen LogP contribution in [0.1, 0.15) is 171 Å². The molecule has 0 aromatic rings. The van der Waals surface area contributed by atoms with Crippen molar-refractivity contribution in [1.82, 2.24) is 15.5 Å². The first-order valence-corrected chi connectivity index (χ1v) is 22.2. The Hall–Kier alpha value is -2.35. The minimum atomic E-state index is -0.0387. The maximum atomic E-state index is 12.4. The minimum Gasteiger partial charge on any atom is -0.465 e. The SMILES string of the molecule is C=C1C(=O)C(NCCCCN(CCCCCCCC(=O)OCC(CCC(C)C)C(C)C)CCCCCCCC(=O)OCC(CCC(C)C)C(C)C)=C1NC. The Morgan fingerprint density at radius 1 is 0.593 bits per heavy atom. The zero-order valence-corrected chi connectivity index (χ0v) is 36.6. The molecule has 0 heterocycles. The topological polar surface area (TPSA) is 97.0 Å². The number of carbonyl (C=O) groups is 3. The summed E-state index contributed by atoms with van der Waals surface area (Å²) in [6, 6.07) is 0. The molecule has 8 nitrogen and oxygen atoms in total. The molecule has 0 fully saturated rings. The van der Waals surface area contributed by atoms with Crippen LogP contribution in [0.4, 0.5) is 0 Å². The van der Waals surface area contributed by atoms with Gasteiger partial charge in [-0.05, 0) is 107 Å². The summed E-state index contributed by atoms with van der Waals surface area (Å²) >= 11 is 0. The summed E-state index contributed by atoms with van der Waals surface area (Å²) in [6.07, 6.45) is 18.7. The third kappa shape index (κ3) is 22.9. The Labute approximate surface area is 332 Å². The van der Waals surface area contributed by atoms with E-state index in [-0.39, 0.29) is 17.7 Å². The molecular formula is C46H85N3O5. The number of hydrogen-bond acceptors (Lipinski definition) is 8. The van der Waals surface area contributed by atoms with E-state index in [1.165, 1.54) is 38.5 Å². The predicted octanol–water partition coefficient (Wildman–Crippen LogP) is 10.4. The number of rotatable bonds is 35. The lowest BCUT2D eigenvalue weighted by Crippen LogP contribution is -2.37. The highest BCUT2D eigenvalue weighted by Gasteiger charge is 2.30. The van der Waals surface area contributed by atoms with E-state index in [2.05, 4.69) is 77.5 Å². The third-order valence-corrected chi connectivity index (χ3v) is 11.2. The van der Waals surface area contributed by atoms with Gasteiger partial charge in [0.15, 0.2) is 0 Å². The monoisotopic (exact) mass is 760 g/mol. The van der Waals surface area contributed by atoms with Crippen molar-refractivity contribution in [2.24, 2.45) is 35.5 Å². The van der Waals surface area contributed by atoms with Gasteiger partial charge in [-0.15, -0.1) is 0 Å². The van der Waals surface area contributed by atoms with Crippen LogP contribution in [0.5, 0.6) is 0 Å². The van der Waals surface area contributed by atoms with Crippen LogP contribution in [0, 0.1) is 35.5 Å². The first kappa shape index (κ1) is 49.7. The Morgan fingerprint density at radius 2 is 1.00 bits per heavy atom. The van der Waals surface area contributed by atoms with E-state index in [4.69, 9.17) is 9.47 Å². The minimum absolute atomic E-state index is 0.0171. The molecule has 314 valence electrons. The highest BCUT2D eigenvalue weighted by molar-refractivity contribution is 6.18. The summed E-state index contributed by atoms with van der Waals surface area (Å²) in [5.74, 6) is 3.27. The van der Waals surface area contributed by atoms with Crippen molar-refractivity contribution in [1.29, 1.82) is 0 Å². The number of esters is 2. The molecule has 0 aliphatic heterocycles. The van der Waals surface area contributed by atoms with Crippen molar-refractivity contribution < 1.29 is 23.9 Å². The molecule has 0 amide bonds. The van der Waals surface area contributed by atoms with E-state index in [0.29, 0.717) is 72.8 Å². The summed E-state index contributed by atoms with van der Waals surface area (Å²) in [5.41, 5.74) is 2.07. The zero-order valence-electron chi connectivity index (χ0n) is 36.6. The molecule has 0 radical (unpaired) electrons. The summed E-state index contributed by atoms with van der Waals surface area (Å²) in [4.78, 5) is 39.5. The van der Waals surface area contributed by atoms with E-state index in [1.807, 2.05) is 7.05 Å². The number of likely N-dealkylation sites (N-methyl/N-ethyl adjacent to an activating group) is 1. The van der Waals surface area contributed by atoms with Gasteiger partial charge in [0.2, 0.25) is 5.78 Å². The van der Waals surface area contributed by atoms with Gasteiger partial charge in [0.05, 0.1) is 18.9 Å². The van der Waals surface area contributed by atoms with E-state index >= 15 is 0 Å². The number of allylic oxidation sites excluding steroid dienone is 2. The van der Waals surface area contributed by atoms with Gasteiger partial charge in [-0.1, -0.05) is 113 Å². The van der Waals surface area contributed by atoms with Crippen molar-refractivity contribution >= 4 is 17.7 Å². The first-order chi connectivity index (χ1) is 25.8. The average Bonchev–Trinajstić information content (AvgIpc) is 3.11. The lowest BCUT2D eigenvalue weighted by molar-refractivity contribution is -0.146. The zero-order chi connectivity index (χ0) is 40.3. The number of nitrogens with zero attached hydrogens (tertiary/aromatic N) is 1. The molecule has 2 atom stereocenters. The van der Waals surface area contributed by atoms with Gasteiger partial charge in [0.25, 0.3) is 0 Å². The van der Waals surface area contributed by atoms with Crippen LogP contribution in [-0.2, 0) is 23.9 Å².